The molecule has 6 nitrogen and oxygen atoms in total. The highest BCUT2D eigenvalue weighted by Gasteiger charge is 2.30. The van der Waals surface area contributed by atoms with Gasteiger partial charge >= 0.3 is 6.09 Å². The summed E-state index contributed by atoms with van der Waals surface area (Å²) in [6, 6.07) is 3.31. The first-order valence-corrected chi connectivity index (χ1v) is 7.74. The molecule has 1 atom stereocenters. The molecule has 6 heteroatoms. The lowest BCUT2D eigenvalue weighted by atomic mass is 10.0. The Morgan fingerprint density at radius 3 is 2.95 bits per heavy atom. The van der Waals surface area contributed by atoms with Crippen molar-refractivity contribution in [3.05, 3.63) is 18.3 Å². The lowest BCUT2D eigenvalue weighted by Crippen LogP contribution is -2.48. The van der Waals surface area contributed by atoms with Crippen LogP contribution in [0.4, 0.5) is 10.6 Å². The second-order valence-electron chi connectivity index (χ2n) is 6.58. The Bertz CT molecular complexity index is 514. The maximum Gasteiger partial charge on any atom is 0.410 e. The fraction of sp³-hybridized carbons (Fsp3) is 0.625. The van der Waals surface area contributed by atoms with Crippen LogP contribution in [0.1, 0.15) is 40.0 Å². The number of aromatic nitrogens is 1. The summed E-state index contributed by atoms with van der Waals surface area (Å²) in [6.07, 6.45) is 4.34. The van der Waals surface area contributed by atoms with Gasteiger partial charge < -0.3 is 20.1 Å². The Morgan fingerprint density at radius 1 is 1.50 bits per heavy atom. The van der Waals surface area contributed by atoms with Crippen molar-refractivity contribution < 1.29 is 14.6 Å². The maximum absolute atomic E-state index is 12.3. The quantitative estimate of drug-likeness (QED) is 0.898. The molecule has 122 valence electrons. The number of nitrogens with zero attached hydrogens (tertiary/aromatic N) is 2. The molecule has 0 aliphatic carbocycles. The topological polar surface area (TPSA) is 74.7 Å². The van der Waals surface area contributed by atoms with Crippen LogP contribution in [0, 0.1) is 0 Å². The zero-order chi connectivity index (χ0) is 16.2. The zero-order valence-corrected chi connectivity index (χ0v) is 13.5. The van der Waals surface area contributed by atoms with Gasteiger partial charge in [-0.05, 0) is 52.2 Å². The maximum atomic E-state index is 12.3. The molecule has 1 aromatic rings. The first kappa shape index (κ1) is 16.4. The molecule has 0 aromatic carbocycles. The van der Waals surface area contributed by atoms with Crippen molar-refractivity contribution in [3.8, 4) is 5.75 Å². The molecule has 0 unspecified atom stereocenters. The summed E-state index contributed by atoms with van der Waals surface area (Å²) in [6.45, 7) is 6.86. The second-order valence-corrected chi connectivity index (χ2v) is 6.58. The van der Waals surface area contributed by atoms with Crippen LogP contribution in [0.3, 0.4) is 0 Å². The smallest absolute Gasteiger partial charge is 0.410 e. The van der Waals surface area contributed by atoms with Crippen molar-refractivity contribution in [1.29, 1.82) is 0 Å². The van der Waals surface area contributed by atoms with Gasteiger partial charge in [0.25, 0.3) is 0 Å². The Kier molecular flexibility index (Phi) is 5.11. The van der Waals surface area contributed by atoms with E-state index >= 15 is 0 Å². The van der Waals surface area contributed by atoms with Gasteiger partial charge in [0.1, 0.15) is 5.60 Å². The van der Waals surface area contributed by atoms with E-state index in [0.29, 0.717) is 18.9 Å². The number of amides is 1. The third-order valence-electron chi connectivity index (χ3n) is 3.55. The van der Waals surface area contributed by atoms with E-state index in [1.54, 1.807) is 23.2 Å². The highest BCUT2D eigenvalue weighted by Crippen LogP contribution is 2.23. The number of rotatable bonds is 3. The molecule has 0 spiro atoms. The molecule has 1 saturated heterocycles. The number of aromatic hydroxyl groups is 1. The van der Waals surface area contributed by atoms with Crippen molar-refractivity contribution in [3.63, 3.8) is 0 Å². The fourth-order valence-corrected chi connectivity index (χ4v) is 2.52. The van der Waals surface area contributed by atoms with Gasteiger partial charge in [-0.3, -0.25) is 0 Å². The van der Waals surface area contributed by atoms with Gasteiger partial charge in [-0.25, -0.2) is 9.78 Å². The molecular formula is C16H25N3O3. The van der Waals surface area contributed by atoms with E-state index in [9.17, 15) is 9.90 Å². The number of likely N-dealkylation sites (tertiary alicyclic amines) is 1. The first-order valence-electron chi connectivity index (χ1n) is 7.74. The molecule has 1 fully saturated rings. The molecule has 0 radical (unpaired) electrons. The summed E-state index contributed by atoms with van der Waals surface area (Å²) in [5, 5.41) is 12.9. The number of ether oxygens (including phenoxy) is 1. The van der Waals surface area contributed by atoms with Gasteiger partial charge in [0.2, 0.25) is 0 Å². The average molecular weight is 307 g/mol. The predicted molar refractivity (Wildman–Crippen MR) is 85.0 cm³/mol. The number of pyridine rings is 1. The largest absolute Gasteiger partial charge is 0.504 e. The molecule has 0 bridgehead atoms. The molecule has 22 heavy (non-hydrogen) atoms. The van der Waals surface area contributed by atoms with E-state index in [2.05, 4.69) is 10.3 Å². The van der Waals surface area contributed by atoms with Crippen LogP contribution < -0.4 is 5.32 Å². The third kappa shape index (κ3) is 4.51. The van der Waals surface area contributed by atoms with Crippen molar-refractivity contribution in [1.82, 2.24) is 9.88 Å². The minimum Gasteiger partial charge on any atom is -0.504 e. The summed E-state index contributed by atoms with van der Waals surface area (Å²) in [5.74, 6) is 0.555. The van der Waals surface area contributed by atoms with E-state index in [0.717, 1.165) is 19.3 Å². The molecule has 1 aliphatic rings. The van der Waals surface area contributed by atoms with Gasteiger partial charge in [-0.15, -0.1) is 0 Å². The van der Waals surface area contributed by atoms with E-state index in [-0.39, 0.29) is 17.9 Å². The number of piperidine rings is 1. The van der Waals surface area contributed by atoms with Gasteiger partial charge in [0.15, 0.2) is 11.6 Å². The minimum absolute atomic E-state index is 0.0463. The Morgan fingerprint density at radius 2 is 2.27 bits per heavy atom. The molecule has 0 saturated carbocycles. The normalized spacial score (nSPS) is 18.9. The zero-order valence-electron chi connectivity index (χ0n) is 13.5. The lowest BCUT2D eigenvalue weighted by molar-refractivity contribution is 0.0114. The second kappa shape index (κ2) is 6.85. The van der Waals surface area contributed by atoms with Crippen LogP contribution >= 0.6 is 0 Å². The summed E-state index contributed by atoms with van der Waals surface area (Å²) in [7, 11) is 0. The van der Waals surface area contributed by atoms with Crippen LogP contribution in [0.15, 0.2) is 18.3 Å². The van der Waals surface area contributed by atoms with E-state index in [1.807, 2.05) is 20.8 Å². The van der Waals surface area contributed by atoms with Crippen LogP contribution in [-0.2, 0) is 4.74 Å². The monoisotopic (exact) mass is 307 g/mol. The van der Waals surface area contributed by atoms with Gasteiger partial charge in [-0.1, -0.05) is 0 Å². The molecule has 2 N–H and O–H groups in total. The highest BCUT2D eigenvalue weighted by molar-refractivity contribution is 5.68. The molecular weight excluding hydrogens is 282 g/mol. The van der Waals surface area contributed by atoms with Crippen molar-refractivity contribution in [2.24, 2.45) is 0 Å². The predicted octanol–water partition coefficient (Wildman–Crippen LogP) is 2.99. The lowest BCUT2D eigenvalue weighted by Gasteiger charge is -2.36. The van der Waals surface area contributed by atoms with Crippen LogP contribution in [0.25, 0.3) is 0 Å². The third-order valence-corrected chi connectivity index (χ3v) is 3.55. The average Bonchev–Trinajstić information content (AvgIpc) is 2.45. The summed E-state index contributed by atoms with van der Waals surface area (Å²) >= 11 is 0. The van der Waals surface area contributed by atoms with Gasteiger partial charge in [0.05, 0.1) is 6.04 Å². The fourth-order valence-electron chi connectivity index (χ4n) is 2.52. The standard InChI is InChI=1S/C16H25N3O3/c1-16(2,3)22-15(21)19-10-5-4-7-12(19)11-18-14-13(20)8-6-9-17-14/h6,8-9,12,20H,4-5,7,10-11H2,1-3H3,(H,17,18)/t12-/m0/s1. The highest BCUT2D eigenvalue weighted by atomic mass is 16.6. The summed E-state index contributed by atoms with van der Waals surface area (Å²) in [5.41, 5.74) is -0.494. The van der Waals surface area contributed by atoms with E-state index < -0.39 is 5.60 Å². The number of nitrogens with one attached hydrogen (secondary N) is 1. The molecule has 1 amide bonds. The van der Waals surface area contributed by atoms with E-state index in [1.165, 1.54) is 0 Å². The minimum atomic E-state index is -0.494. The molecule has 1 aliphatic heterocycles. The Labute approximate surface area is 131 Å². The molecule has 2 rings (SSSR count). The number of anilines is 1. The number of carbonyl (C=O) groups excluding carboxylic acids is 1. The summed E-state index contributed by atoms with van der Waals surface area (Å²) in [4.78, 5) is 18.2. The number of carbonyl (C=O) groups is 1. The van der Waals surface area contributed by atoms with E-state index in [4.69, 9.17) is 4.74 Å². The van der Waals surface area contributed by atoms with Gasteiger partial charge in [0, 0.05) is 19.3 Å². The Balaban J connectivity index is 1.98. The Hall–Kier alpha value is -1.98. The van der Waals surface area contributed by atoms with Crippen molar-refractivity contribution in [2.45, 2.75) is 51.7 Å². The SMILES string of the molecule is CC(C)(C)OC(=O)N1CCCC[C@H]1CNc1ncccc1O. The number of hydrogen-bond acceptors (Lipinski definition) is 5. The molecule has 1 aromatic heterocycles. The summed E-state index contributed by atoms with van der Waals surface area (Å²) < 4.78 is 5.48. The van der Waals surface area contributed by atoms with Crippen LogP contribution in [0.5, 0.6) is 5.75 Å². The van der Waals surface area contributed by atoms with Crippen molar-refractivity contribution in [2.75, 3.05) is 18.4 Å². The first-order chi connectivity index (χ1) is 10.4. The van der Waals surface area contributed by atoms with Crippen molar-refractivity contribution >= 4 is 11.9 Å². The van der Waals surface area contributed by atoms with Crippen LogP contribution in [0.2, 0.25) is 0 Å². The van der Waals surface area contributed by atoms with Gasteiger partial charge in [-0.2, -0.15) is 0 Å². The van der Waals surface area contributed by atoms with Crippen LogP contribution in [-0.4, -0.2) is 45.8 Å². The molecule has 2 heterocycles. The number of hydrogen-bond donors (Lipinski definition) is 2.